The molecule has 1 atom stereocenters. The molecule has 2 aromatic carbocycles. The monoisotopic (exact) mass is 380 g/mol. The number of methoxy groups -OCH3 is 1. The van der Waals surface area contributed by atoms with Gasteiger partial charge in [-0.25, -0.2) is 4.98 Å². The number of ether oxygens (including phenoxy) is 1. The smallest absolute Gasteiger partial charge is 0.230 e. The average Bonchev–Trinajstić information content (AvgIpc) is 2.71. The van der Waals surface area contributed by atoms with Gasteiger partial charge >= 0.3 is 0 Å². The molecule has 0 spiro atoms. The zero-order chi connectivity index (χ0) is 19.2. The maximum Gasteiger partial charge on any atom is 0.230 e. The lowest BCUT2D eigenvalue weighted by molar-refractivity contribution is -0.119. The number of fused-ring (bicyclic) bond motifs is 1. The van der Waals surface area contributed by atoms with Crippen molar-refractivity contribution in [2.75, 3.05) is 12.9 Å². The summed E-state index contributed by atoms with van der Waals surface area (Å²) < 4.78 is 5.35. The van der Waals surface area contributed by atoms with Crippen LogP contribution in [-0.2, 0) is 4.79 Å². The van der Waals surface area contributed by atoms with E-state index in [1.165, 1.54) is 11.8 Å². The zero-order valence-corrected chi connectivity index (χ0v) is 16.7. The lowest BCUT2D eigenvalue weighted by Gasteiger charge is -2.12. The normalized spacial score (nSPS) is 12.0. The first-order valence-corrected chi connectivity index (χ1v) is 10.1. The van der Waals surface area contributed by atoms with E-state index in [1.807, 2.05) is 43.3 Å². The Morgan fingerprint density at radius 2 is 1.96 bits per heavy atom. The van der Waals surface area contributed by atoms with E-state index < -0.39 is 0 Å². The van der Waals surface area contributed by atoms with Crippen LogP contribution < -0.4 is 10.1 Å². The van der Waals surface area contributed by atoms with Crippen LogP contribution in [0.5, 0.6) is 5.75 Å². The molecule has 0 radical (unpaired) electrons. The highest BCUT2D eigenvalue weighted by Crippen LogP contribution is 2.33. The van der Waals surface area contributed by atoms with Crippen molar-refractivity contribution < 1.29 is 9.53 Å². The van der Waals surface area contributed by atoms with Crippen LogP contribution in [0.15, 0.2) is 59.6 Å². The van der Waals surface area contributed by atoms with Gasteiger partial charge in [0.05, 0.1) is 23.4 Å². The summed E-state index contributed by atoms with van der Waals surface area (Å²) in [6, 6.07) is 18.4. The van der Waals surface area contributed by atoms with Crippen LogP contribution in [-0.4, -0.2) is 29.8 Å². The summed E-state index contributed by atoms with van der Waals surface area (Å²) >= 11 is 1.45. The standard InChI is InChI=1S/C22H24N2O2S/c1-4-15(2)23-21(25)14-27-22-13-19(16-8-6-5-7-9-16)18-11-10-17(26-3)12-20(18)24-22/h5-13,15H,4,14H2,1-3H3,(H,23,25)/t15-/m1/s1. The highest BCUT2D eigenvalue weighted by Gasteiger charge is 2.12. The van der Waals surface area contributed by atoms with Crippen molar-refractivity contribution in [3.05, 3.63) is 54.6 Å². The molecule has 0 aliphatic heterocycles. The highest BCUT2D eigenvalue weighted by atomic mass is 32.2. The van der Waals surface area contributed by atoms with E-state index in [-0.39, 0.29) is 11.9 Å². The molecular formula is C22H24N2O2S. The van der Waals surface area contributed by atoms with Crippen LogP contribution in [0.25, 0.3) is 22.0 Å². The second-order valence-electron chi connectivity index (χ2n) is 6.42. The minimum absolute atomic E-state index is 0.0307. The van der Waals surface area contributed by atoms with Crippen molar-refractivity contribution in [2.24, 2.45) is 0 Å². The van der Waals surface area contributed by atoms with E-state index in [0.29, 0.717) is 5.75 Å². The Bertz CT molecular complexity index is 928. The topological polar surface area (TPSA) is 51.2 Å². The third kappa shape index (κ3) is 4.80. The molecule has 0 saturated heterocycles. The fraction of sp³-hybridized carbons (Fsp3) is 0.273. The molecule has 0 saturated carbocycles. The van der Waals surface area contributed by atoms with Gasteiger partial charge in [0, 0.05) is 17.5 Å². The third-order valence-corrected chi connectivity index (χ3v) is 5.36. The van der Waals surface area contributed by atoms with Gasteiger partial charge in [-0.05, 0) is 42.7 Å². The van der Waals surface area contributed by atoms with Crippen LogP contribution in [0, 0.1) is 0 Å². The number of amides is 1. The Labute approximate surface area is 164 Å². The van der Waals surface area contributed by atoms with Gasteiger partial charge in [0.15, 0.2) is 0 Å². The number of carbonyl (C=O) groups is 1. The lowest BCUT2D eigenvalue weighted by Crippen LogP contribution is -2.33. The van der Waals surface area contributed by atoms with Crippen molar-refractivity contribution in [1.29, 1.82) is 0 Å². The van der Waals surface area contributed by atoms with Crippen LogP contribution in [0.2, 0.25) is 0 Å². The van der Waals surface area contributed by atoms with Gasteiger partial charge in [-0.1, -0.05) is 49.0 Å². The van der Waals surface area contributed by atoms with Gasteiger partial charge < -0.3 is 10.1 Å². The number of nitrogens with one attached hydrogen (secondary N) is 1. The summed E-state index contributed by atoms with van der Waals surface area (Å²) in [5, 5.41) is 4.89. The summed E-state index contributed by atoms with van der Waals surface area (Å²) in [7, 11) is 1.65. The van der Waals surface area contributed by atoms with Gasteiger partial charge in [0.2, 0.25) is 5.91 Å². The van der Waals surface area contributed by atoms with E-state index in [4.69, 9.17) is 9.72 Å². The maximum atomic E-state index is 12.1. The Morgan fingerprint density at radius 1 is 1.19 bits per heavy atom. The average molecular weight is 381 g/mol. The predicted molar refractivity (Wildman–Crippen MR) is 112 cm³/mol. The Hall–Kier alpha value is -2.53. The van der Waals surface area contributed by atoms with Gasteiger partial charge in [-0.2, -0.15) is 0 Å². The van der Waals surface area contributed by atoms with E-state index in [1.54, 1.807) is 7.11 Å². The van der Waals surface area contributed by atoms with Crippen LogP contribution in [0.1, 0.15) is 20.3 Å². The Balaban J connectivity index is 1.94. The first-order valence-electron chi connectivity index (χ1n) is 9.07. The second kappa shape index (κ2) is 8.91. The van der Waals surface area contributed by atoms with Crippen LogP contribution in [0.4, 0.5) is 0 Å². The van der Waals surface area contributed by atoms with Crippen molar-refractivity contribution in [3.8, 4) is 16.9 Å². The molecule has 1 aromatic heterocycles. The molecule has 0 aliphatic rings. The van der Waals surface area contributed by atoms with Gasteiger partial charge in [0.25, 0.3) is 0 Å². The zero-order valence-electron chi connectivity index (χ0n) is 15.9. The number of carbonyl (C=O) groups excluding carboxylic acids is 1. The molecule has 1 N–H and O–H groups in total. The van der Waals surface area contributed by atoms with Crippen molar-refractivity contribution in [3.63, 3.8) is 0 Å². The Morgan fingerprint density at radius 3 is 2.67 bits per heavy atom. The number of aromatic nitrogens is 1. The number of rotatable bonds is 7. The van der Waals surface area contributed by atoms with Crippen LogP contribution in [0.3, 0.4) is 0 Å². The van der Waals surface area contributed by atoms with E-state index in [0.717, 1.165) is 39.2 Å². The first kappa shape index (κ1) is 19.2. The molecule has 1 amide bonds. The van der Waals surface area contributed by atoms with Gasteiger partial charge in [-0.15, -0.1) is 0 Å². The molecule has 4 nitrogen and oxygen atoms in total. The largest absolute Gasteiger partial charge is 0.497 e. The molecule has 1 heterocycles. The SMILES string of the molecule is CC[C@@H](C)NC(=O)CSc1cc(-c2ccccc2)c2ccc(OC)cc2n1. The Kier molecular flexibility index (Phi) is 6.35. The molecular weight excluding hydrogens is 356 g/mol. The number of benzene rings is 2. The minimum atomic E-state index is 0.0307. The number of hydrogen-bond donors (Lipinski definition) is 1. The molecule has 27 heavy (non-hydrogen) atoms. The fourth-order valence-corrected chi connectivity index (χ4v) is 3.53. The summed E-state index contributed by atoms with van der Waals surface area (Å²) in [5.41, 5.74) is 3.09. The number of nitrogens with zero attached hydrogens (tertiary/aromatic N) is 1. The van der Waals surface area contributed by atoms with Crippen molar-refractivity contribution in [1.82, 2.24) is 10.3 Å². The van der Waals surface area contributed by atoms with Crippen molar-refractivity contribution >= 4 is 28.6 Å². The van der Waals surface area contributed by atoms with Gasteiger partial charge in [0.1, 0.15) is 5.75 Å². The molecule has 140 valence electrons. The van der Waals surface area contributed by atoms with E-state index >= 15 is 0 Å². The maximum absolute atomic E-state index is 12.1. The predicted octanol–water partition coefficient (Wildman–Crippen LogP) is 4.92. The van der Waals surface area contributed by atoms with Crippen molar-refractivity contribution in [2.45, 2.75) is 31.3 Å². The fourth-order valence-electron chi connectivity index (χ4n) is 2.80. The molecule has 0 unspecified atom stereocenters. The quantitative estimate of drug-likeness (QED) is 0.591. The molecule has 0 bridgehead atoms. The van der Waals surface area contributed by atoms with E-state index in [9.17, 15) is 4.79 Å². The van der Waals surface area contributed by atoms with Crippen LogP contribution >= 0.6 is 11.8 Å². The van der Waals surface area contributed by atoms with E-state index in [2.05, 4.69) is 30.4 Å². The molecule has 0 aliphatic carbocycles. The second-order valence-corrected chi connectivity index (χ2v) is 7.42. The number of thioether (sulfide) groups is 1. The molecule has 3 aromatic rings. The molecule has 3 rings (SSSR count). The third-order valence-electron chi connectivity index (χ3n) is 4.45. The first-order chi connectivity index (χ1) is 13.1. The summed E-state index contributed by atoms with van der Waals surface area (Å²) in [4.78, 5) is 16.9. The number of hydrogen-bond acceptors (Lipinski definition) is 4. The lowest BCUT2D eigenvalue weighted by atomic mass is 10.0. The summed E-state index contributed by atoms with van der Waals surface area (Å²) in [5.74, 6) is 1.15. The summed E-state index contributed by atoms with van der Waals surface area (Å²) in [6.07, 6.45) is 0.919. The van der Waals surface area contributed by atoms with Gasteiger partial charge in [-0.3, -0.25) is 4.79 Å². The summed E-state index contributed by atoms with van der Waals surface area (Å²) in [6.45, 7) is 4.07. The number of pyridine rings is 1. The molecule has 5 heteroatoms. The highest BCUT2D eigenvalue weighted by molar-refractivity contribution is 7.99. The molecule has 0 fully saturated rings. The minimum Gasteiger partial charge on any atom is -0.497 e.